The number of piperidine rings is 1. The predicted molar refractivity (Wildman–Crippen MR) is 88.2 cm³/mol. The lowest BCUT2D eigenvalue weighted by molar-refractivity contribution is -0.136. The zero-order chi connectivity index (χ0) is 18.9. The molecule has 1 fully saturated rings. The average Bonchev–Trinajstić information content (AvgIpc) is 2.91. The maximum atomic E-state index is 13.1. The van der Waals surface area contributed by atoms with E-state index in [0.29, 0.717) is 24.1 Å². The minimum absolute atomic E-state index is 0.175. The van der Waals surface area contributed by atoms with Crippen LogP contribution in [-0.4, -0.2) is 47.7 Å². The zero-order valence-electron chi connectivity index (χ0n) is 14.1. The molecule has 7 nitrogen and oxygen atoms in total. The largest absolute Gasteiger partial charge is 0.325 e. The lowest BCUT2D eigenvalue weighted by Gasteiger charge is -2.29. The molecule has 4 N–H and O–H groups in total. The van der Waals surface area contributed by atoms with Gasteiger partial charge in [-0.2, -0.15) is 0 Å². The van der Waals surface area contributed by atoms with Crippen molar-refractivity contribution in [3.8, 4) is 0 Å². The third-order valence-corrected chi connectivity index (χ3v) is 4.60. The second-order valence-electron chi connectivity index (χ2n) is 6.56. The van der Waals surface area contributed by atoms with E-state index < -0.39 is 31.0 Å². The molecule has 0 radical (unpaired) electrons. The molecule has 2 aliphatic rings. The second kappa shape index (κ2) is 7.08. The van der Waals surface area contributed by atoms with Gasteiger partial charge in [-0.3, -0.25) is 19.7 Å². The highest BCUT2D eigenvalue weighted by atomic mass is 19.3. The Balaban J connectivity index is 1.67. The van der Waals surface area contributed by atoms with Gasteiger partial charge in [-0.25, -0.2) is 8.78 Å². The number of carbonyl (C=O) groups is 3. The summed E-state index contributed by atoms with van der Waals surface area (Å²) in [7, 11) is 0. The van der Waals surface area contributed by atoms with E-state index in [1.807, 2.05) is 0 Å². The Labute approximate surface area is 148 Å². The van der Waals surface area contributed by atoms with Crippen LogP contribution in [0.2, 0.25) is 0 Å². The monoisotopic (exact) mass is 366 g/mol. The average molecular weight is 366 g/mol. The van der Waals surface area contributed by atoms with Gasteiger partial charge in [0.05, 0.1) is 13.1 Å². The number of alkyl halides is 2. The van der Waals surface area contributed by atoms with Gasteiger partial charge in [0, 0.05) is 25.1 Å². The Hall–Kier alpha value is -2.39. The number of carbonyl (C=O) groups excluding carboxylic acids is 3. The maximum absolute atomic E-state index is 13.1. The van der Waals surface area contributed by atoms with Crippen molar-refractivity contribution in [3.63, 3.8) is 0 Å². The molecule has 1 atom stereocenters. The molecule has 2 heterocycles. The van der Waals surface area contributed by atoms with Gasteiger partial charge < -0.3 is 16.0 Å². The molecule has 1 aromatic rings. The van der Waals surface area contributed by atoms with Crippen molar-refractivity contribution in [2.75, 3.05) is 13.1 Å². The van der Waals surface area contributed by atoms with Crippen molar-refractivity contribution in [1.29, 1.82) is 0 Å². The molecule has 9 heteroatoms. The minimum Gasteiger partial charge on any atom is -0.325 e. The van der Waals surface area contributed by atoms with Crippen LogP contribution in [0.15, 0.2) is 18.2 Å². The molecule has 2 aliphatic heterocycles. The summed E-state index contributed by atoms with van der Waals surface area (Å²) >= 11 is 0. The van der Waals surface area contributed by atoms with Crippen LogP contribution in [0.3, 0.4) is 0 Å². The summed E-state index contributed by atoms with van der Waals surface area (Å²) in [5.41, 5.74) is 6.91. The Bertz CT molecular complexity index is 754. The van der Waals surface area contributed by atoms with E-state index in [1.54, 1.807) is 18.2 Å². The van der Waals surface area contributed by atoms with Gasteiger partial charge in [-0.15, -0.1) is 0 Å². The molecule has 1 saturated heterocycles. The van der Waals surface area contributed by atoms with Crippen LogP contribution in [0.5, 0.6) is 0 Å². The second-order valence-corrected chi connectivity index (χ2v) is 6.56. The van der Waals surface area contributed by atoms with Gasteiger partial charge in [-0.05, 0) is 23.6 Å². The number of nitrogens with one attached hydrogen (secondary N) is 2. The molecule has 140 valence electrons. The molecule has 1 unspecified atom stereocenters. The van der Waals surface area contributed by atoms with Gasteiger partial charge >= 0.3 is 0 Å². The number of fused-ring (bicyclic) bond motifs is 1. The standard InChI is InChI=1S/C17H20F2N4O3/c18-17(19,8-20)9-21-6-10-1-2-11-7-23(16(26)12(11)5-10)13-3-4-14(24)22-15(13)25/h1-2,5,13,21H,3-4,6-9,20H2,(H,22,24,25). The highest BCUT2D eigenvalue weighted by Gasteiger charge is 2.39. The molecule has 0 saturated carbocycles. The SMILES string of the molecule is NCC(F)(F)CNCc1ccc2c(c1)C(=O)N(C1CCC(=O)NC1=O)C2. The summed E-state index contributed by atoms with van der Waals surface area (Å²) in [5, 5.41) is 4.88. The molecule has 0 spiro atoms. The van der Waals surface area contributed by atoms with E-state index in [2.05, 4.69) is 10.6 Å². The number of amides is 3. The number of nitrogens with zero attached hydrogens (tertiary/aromatic N) is 1. The minimum atomic E-state index is -2.98. The van der Waals surface area contributed by atoms with Crippen molar-refractivity contribution < 1.29 is 23.2 Å². The number of benzene rings is 1. The molecule has 0 aromatic heterocycles. The zero-order valence-corrected chi connectivity index (χ0v) is 14.1. The molecule has 26 heavy (non-hydrogen) atoms. The smallest absolute Gasteiger partial charge is 0.272 e. The fourth-order valence-corrected chi connectivity index (χ4v) is 3.17. The van der Waals surface area contributed by atoms with Gasteiger partial charge in [0.15, 0.2) is 0 Å². The highest BCUT2D eigenvalue weighted by Crippen LogP contribution is 2.28. The molecular formula is C17H20F2N4O3. The Morgan fingerprint density at radius 1 is 1.31 bits per heavy atom. The number of nitrogens with two attached hydrogens (primary N) is 1. The van der Waals surface area contributed by atoms with Crippen molar-refractivity contribution in [3.05, 3.63) is 34.9 Å². The summed E-state index contributed by atoms with van der Waals surface area (Å²) in [4.78, 5) is 37.4. The normalized spacial score (nSPS) is 20.3. The molecular weight excluding hydrogens is 346 g/mol. The third kappa shape index (κ3) is 3.73. The van der Waals surface area contributed by atoms with Crippen LogP contribution in [0.4, 0.5) is 8.78 Å². The topological polar surface area (TPSA) is 105 Å². The van der Waals surface area contributed by atoms with Crippen molar-refractivity contribution in [2.45, 2.75) is 37.9 Å². The Morgan fingerprint density at radius 2 is 2.08 bits per heavy atom. The van der Waals surface area contributed by atoms with Crippen LogP contribution in [0, 0.1) is 0 Å². The van der Waals surface area contributed by atoms with Crippen LogP contribution >= 0.6 is 0 Å². The third-order valence-electron chi connectivity index (χ3n) is 4.60. The van der Waals surface area contributed by atoms with E-state index in [0.717, 1.165) is 5.56 Å². The van der Waals surface area contributed by atoms with Gasteiger partial charge in [0.2, 0.25) is 11.8 Å². The molecule has 0 aliphatic carbocycles. The first-order valence-electron chi connectivity index (χ1n) is 8.36. The van der Waals surface area contributed by atoms with Crippen molar-refractivity contribution in [2.24, 2.45) is 5.73 Å². The first-order valence-corrected chi connectivity index (χ1v) is 8.36. The lowest BCUT2D eigenvalue weighted by atomic mass is 10.0. The number of rotatable bonds is 6. The molecule has 1 aromatic carbocycles. The molecule has 0 bridgehead atoms. The Morgan fingerprint density at radius 3 is 2.77 bits per heavy atom. The summed E-state index contributed by atoms with van der Waals surface area (Å²) in [6.45, 7) is -0.811. The number of halogens is 2. The van der Waals surface area contributed by atoms with E-state index in [-0.39, 0.29) is 24.8 Å². The van der Waals surface area contributed by atoms with E-state index in [4.69, 9.17) is 5.73 Å². The van der Waals surface area contributed by atoms with Crippen molar-refractivity contribution >= 4 is 17.7 Å². The van der Waals surface area contributed by atoms with Gasteiger partial charge in [0.25, 0.3) is 11.8 Å². The van der Waals surface area contributed by atoms with E-state index >= 15 is 0 Å². The summed E-state index contributed by atoms with van der Waals surface area (Å²) in [5.74, 6) is -4.07. The van der Waals surface area contributed by atoms with Crippen LogP contribution in [0.25, 0.3) is 0 Å². The maximum Gasteiger partial charge on any atom is 0.272 e. The van der Waals surface area contributed by atoms with Crippen LogP contribution < -0.4 is 16.4 Å². The lowest BCUT2D eigenvalue weighted by Crippen LogP contribution is -2.52. The quantitative estimate of drug-likeness (QED) is 0.621. The molecule has 3 rings (SSSR count). The van der Waals surface area contributed by atoms with Gasteiger partial charge in [-0.1, -0.05) is 12.1 Å². The van der Waals surface area contributed by atoms with Gasteiger partial charge in [0.1, 0.15) is 6.04 Å². The molecule has 3 amide bonds. The number of imide groups is 1. The number of hydrogen-bond acceptors (Lipinski definition) is 5. The highest BCUT2D eigenvalue weighted by molar-refractivity contribution is 6.05. The summed E-state index contributed by atoms with van der Waals surface area (Å²) < 4.78 is 26.3. The van der Waals surface area contributed by atoms with E-state index in [1.165, 1.54) is 4.90 Å². The first-order chi connectivity index (χ1) is 12.3. The fraction of sp³-hybridized carbons (Fsp3) is 0.471. The summed E-state index contributed by atoms with van der Waals surface area (Å²) in [6, 6.07) is 4.50. The fourth-order valence-electron chi connectivity index (χ4n) is 3.17. The van der Waals surface area contributed by atoms with Crippen molar-refractivity contribution in [1.82, 2.24) is 15.5 Å². The Kier molecular flexibility index (Phi) is 5.01. The van der Waals surface area contributed by atoms with E-state index in [9.17, 15) is 23.2 Å². The van der Waals surface area contributed by atoms with Crippen LogP contribution in [-0.2, 0) is 22.7 Å². The predicted octanol–water partition coefficient (Wildman–Crippen LogP) is 0.131. The first kappa shape index (κ1) is 18.4. The van der Waals surface area contributed by atoms with Crippen LogP contribution in [0.1, 0.15) is 34.3 Å². The summed E-state index contributed by atoms with van der Waals surface area (Å²) in [6.07, 6.45) is 0.494. The number of hydrogen-bond donors (Lipinski definition) is 3.